The summed E-state index contributed by atoms with van der Waals surface area (Å²) in [4.78, 5) is 20.8. The zero-order valence-electron chi connectivity index (χ0n) is 19.2. The molecule has 0 saturated heterocycles. The summed E-state index contributed by atoms with van der Waals surface area (Å²) >= 11 is 0. The zero-order valence-corrected chi connectivity index (χ0v) is 19.2. The van der Waals surface area contributed by atoms with E-state index in [0.717, 1.165) is 28.6 Å². The molecule has 3 N–H and O–H groups in total. The van der Waals surface area contributed by atoms with Crippen LogP contribution in [0.4, 0.5) is 0 Å². The summed E-state index contributed by atoms with van der Waals surface area (Å²) in [6, 6.07) is 15.5. The molecule has 1 fully saturated rings. The van der Waals surface area contributed by atoms with Crippen molar-refractivity contribution < 1.29 is 19.4 Å². The van der Waals surface area contributed by atoms with Crippen LogP contribution in [0.1, 0.15) is 49.1 Å². The predicted molar refractivity (Wildman–Crippen MR) is 128 cm³/mol. The van der Waals surface area contributed by atoms with Crippen molar-refractivity contribution in [2.24, 2.45) is 11.8 Å². The van der Waals surface area contributed by atoms with Gasteiger partial charge >= 0.3 is 0 Å². The molecule has 1 aliphatic heterocycles. The van der Waals surface area contributed by atoms with Crippen LogP contribution in [-0.2, 0) is 34.0 Å². The lowest BCUT2D eigenvalue weighted by Gasteiger charge is -2.32. The second kappa shape index (κ2) is 10.4. The Kier molecular flexibility index (Phi) is 6.92. The summed E-state index contributed by atoms with van der Waals surface area (Å²) in [5.74, 6) is 1.63. The first-order valence-corrected chi connectivity index (χ1v) is 12.1. The molecule has 7 heteroatoms. The van der Waals surface area contributed by atoms with E-state index in [0.29, 0.717) is 30.7 Å². The van der Waals surface area contributed by atoms with Gasteiger partial charge in [0.05, 0.1) is 30.8 Å². The average Bonchev–Trinajstić information content (AvgIpc) is 3.56. The molecule has 0 bridgehead atoms. The summed E-state index contributed by atoms with van der Waals surface area (Å²) in [6.45, 7) is 0.708. The predicted octanol–water partition coefficient (Wildman–Crippen LogP) is 4.32. The zero-order chi connectivity index (χ0) is 23.3. The molecular weight excluding hydrogens is 430 g/mol. The van der Waals surface area contributed by atoms with E-state index in [4.69, 9.17) is 9.47 Å². The van der Waals surface area contributed by atoms with Crippen LogP contribution in [0.15, 0.2) is 60.4 Å². The number of hydrogen-bond donors (Lipinski definition) is 3. The fourth-order valence-electron chi connectivity index (χ4n) is 4.93. The van der Waals surface area contributed by atoms with Gasteiger partial charge in [0, 0.05) is 6.42 Å². The number of rotatable bonds is 8. The standard InChI is InChI=1S/C27H31N3O4/c31-16-18-9-11-19(12-10-18)17-33-26-14-21(20-5-1-2-6-20)13-24(34-26)27(32)28-15-25-29-22-7-3-4-8-23(22)30-25/h3-4,7-13,20-21,26,31H,1-2,5-6,14-17H2,(H,28,32)(H,29,30)/t21-,26+/m1/s1. The molecular formula is C27H31N3O4. The second-order valence-electron chi connectivity index (χ2n) is 9.19. The van der Waals surface area contributed by atoms with Crippen molar-refractivity contribution in [2.45, 2.75) is 58.2 Å². The van der Waals surface area contributed by atoms with Crippen molar-refractivity contribution >= 4 is 16.9 Å². The van der Waals surface area contributed by atoms with Gasteiger partial charge in [-0.15, -0.1) is 0 Å². The lowest BCUT2D eigenvalue weighted by molar-refractivity contribution is -0.155. The Bertz CT molecular complexity index is 1120. The van der Waals surface area contributed by atoms with Gasteiger partial charge < -0.3 is 24.9 Å². The smallest absolute Gasteiger partial charge is 0.286 e. The minimum absolute atomic E-state index is 0.0211. The maximum Gasteiger partial charge on any atom is 0.286 e. The molecule has 0 spiro atoms. The van der Waals surface area contributed by atoms with E-state index in [1.54, 1.807) is 0 Å². The number of aliphatic hydroxyl groups excluding tert-OH is 1. The number of aromatic amines is 1. The van der Waals surface area contributed by atoms with Crippen molar-refractivity contribution in [3.8, 4) is 0 Å². The summed E-state index contributed by atoms with van der Waals surface area (Å²) in [6.07, 6.45) is 7.13. The molecule has 7 nitrogen and oxygen atoms in total. The van der Waals surface area contributed by atoms with E-state index in [1.807, 2.05) is 54.6 Å². The third-order valence-electron chi connectivity index (χ3n) is 6.81. The van der Waals surface area contributed by atoms with E-state index in [-0.39, 0.29) is 18.4 Å². The third kappa shape index (κ3) is 5.32. The molecule has 2 heterocycles. The van der Waals surface area contributed by atoms with Crippen LogP contribution >= 0.6 is 0 Å². The number of aliphatic hydroxyl groups is 1. The van der Waals surface area contributed by atoms with Crippen molar-refractivity contribution in [3.63, 3.8) is 0 Å². The largest absolute Gasteiger partial charge is 0.459 e. The Morgan fingerprint density at radius 3 is 2.65 bits per heavy atom. The van der Waals surface area contributed by atoms with Crippen LogP contribution in [0.3, 0.4) is 0 Å². The Hall–Kier alpha value is -3.16. The Morgan fingerprint density at radius 2 is 1.88 bits per heavy atom. The van der Waals surface area contributed by atoms with E-state index in [9.17, 15) is 9.90 Å². The fourth-order valence-corrected chi connectivity index (χ4v) is 4.93. The topological polar surface area (TPSA) is 96.5 Å². The number of amides is 1. The van der Waals surface area contributed by atoms with E-state index in [1.165, 1.54) is 25.7 Å². The minimum atomic E-state index is -0.472. The lowest BCUT2D eigenvalue weighted by Crippen LogP contribution is -2.34. The van der Waals surface area contributed by atoms with Crippen molar-refractivity contribution in [2.75, 3.05) is 0 Å². The third-order valence-corrected chi connectivity index (χ3v) is 6.81. The highest BCUT2D eigenvalue weighted by atomic mass is 16.7. The number of para-hydroxylation sites is 2. The molecule has 1 aliphatic carbocycles. The normalized spacial score (nSPS) is 20.8. The van der Waals surface area contributed by atoms with Gasteiger partial charge in [0.15, 0.2) is 5.76 Å². The molecule has 1 saturated carbocycles. The number of imidazole rings is 1. The number of carbonyl (C=O) groups is 1. The number of nitrogens with one attached hydrogen (secondary N) is 2. The SMILES string of the molecule is O=C(NCc1nc2ccccc2[nH]1)C1=C[C@@H](C2CCCC2)C[C@@H](OCc2ccc(CO)cc2)O1. The van der Waals surface area contributed by atoms with Gasteiger partial charge in [-0.2, -0.15) is 0 Å². The Balaban J connectivity index is 1.24. The minimum Gasteiger partial charge on any atom is -0.459 e. The van der Waals surface area contributed by atoms with E-state index >= 15 is 0 Å². The van der Waals surface area contributed by atoms with Crippen molar-refractivity contribution in [1.82, 2.24) is 15.3 Å². The maximum absolute atomic E-state index is 13.0. The maximum atomic E-state index is 13.0. The molecule has 2 aliphatic rings. The average molecular weight is 462 g/mol. The molecule has 0 unspecified atom stereocenters. The van der Waals surface area contributed by atoms with Crippen LogP contribution in [0.2, 0.25) is 0 Å². The molecule has 2 aromatic carbocycles. The highest BCUT2D eigenvalue weighted by Gasteiger charge is 2.33. The molecule has 2 atom stereocenters. The van der Waals surface area contributed by atoms with Gasteiger partial charge in [0.2, 0.25) is 6.29 Å². The van der Waals surface area contributed by atoms with Crippen molar-refractivity contribution in [1.29, 1.82) is 0 Å². The molecule has 178 valence electrons. The molecule has 0 radical (unpaired) electrons. The van der Waals surface area contributed by atoms with Crippen molar-refractivity contribution in [3.05, 3.63) is 77.3 Å². The first kappa shape index (κ1) is 22.6. The van der Waals surface area contributed by atoms with Gasteiger partial charge in [0.1, 0.15) is 5.82 Å². The van der Waals surface area contributed by atoms with Gasteiger partial charge in [-0.05, 0) is 54.0 Å². The quantitative estimate of drug-likeness (QED) is 0.464. The number of nitrogens with zero attached hydrogens (tertiary/aromatic N) is 1. The summed E-state index contributed by atoms with van der Waals surface area (Å²) < 4.78 is 12.1. The first-order chi connectivity index (χ1) is 16.7. The Morgan fingerprint density at radius 1 is 1.12 bits per heavy atom. The van der Waals surface area contributed by atoms with Gasteiger partial charge in [-0.3, -0.25) is 4.79 Å². The number of fused-ring (bicyclic) bond motifs is 1. The fraction of sp³-hybridized carbons (Fsp3) is 0.407. The number of aromatic nitrogens is 2. The second-order valence-corrected chi connectivity index (χ2v) is 9.19. The summed E-state index contributed by atoms with van der Waals surface area (Å²) in [7, 11) is 0. The number of hydrogen-bond acceptors (Lipinski definition) is 5. The number of H-pyrrole nitrogens is 1. The van der Waals surface area contributed by atoms with E-state index < -0.39 is 6.29 Å². The summed E-state index contributed by atoms with van der Waals surface area (Å²) in [5.41, 5.74) is 3.69. The van der Waals surface area contributed by atoms with Gasteiger partial charge in [-0.25, -0.2) is 4.98 Å². The highest BCUT2D eigenvalue weighted by molar-refractivity contribution is 5.91. The number of benzene rings is 2. The van der Waals surface area contributed by atoms with Crippen LogP contribution in [0.5, 0.6) is 0 Å². The number of carbonyl (C=O) groups excluding carboxylic acids is 1. The summed E-state index contributed by atoms with van der Waals surface area (Å²) in [5, 5.41) is 12.2. The van der Waals surface area contributed by atoms with Gasteiger partial charge in [0.25, 0.3) is 5.91 Å². The van der Waals surface area contributed by atoms with E-state index in [2.05, 4.69) is 15.3 Å². The molecule has 34 heavy (non-hydrogen) atoms. The molecule has 5 rings (SSSR count). The molecule has 1 aromatic heterocycles. The molecule has 1 amide bonds. The Labute approximate surface area is 199 Å². The lowest BCUT2D eigenvalue weighted by atomic mass is 9.86. The first-order valence-electron chi connectivity index (χ1n) is 12.1. The van der Waals surface area contributed by atoms with Crippen LogP contribution in [0.25, 0.3) is 11.0 Å². The number of ether oxygens (including phenoxy) is 2. The van der Waals surface area contributed by atoms with Crippen LogP contribution in [0, 0.1) is 11.8 Å². The number of allylic oxidation sites excluding steroid dienone is 1. The van der Waals surface area contributed by atoms with Crippen LogP contribution < -0.4 is 5.32 Å². The highest BCUT2D eigenvalue weighted by Crippen LogP contribution is 2.38. The molecule has 3 aromatic rings. The van der Waals surface area contributed by atoms with Crippen LogP contribution in [-0.4, -0.2) is 27.3 Å². The van der Waals surface area contributed by atoms with Gasteiger partial charge in [-0.1, -0.05) is 49.2 Å². The monoisotopic (exact) mass is 461 g/mol.